The van der Waals surface area contributed by atoms with E-state index in [4.69, 9.17) is 10.00 Å². The first-order valence-corrected chi connectivity index (χ1v) is 11.9. The Labute approximate surface area is 197 Å². The Balaban J connectivity index is 1.53. The summed E-state index contributed by atoms with van der Waals surface area (Å²) in [6.45, 7) is 1.70. The Kier molecular flexibility index (Phi) is 7.76. The molecule has 1 saturated heterocycles. The van der Waals surface area contributed by atoms with E-state index in [-0.39, 0.29) is 36.5 Å². The third-order valence-electron chi connectivity index (χ3n) is 5.51. The number of imidazole rings is 1. The highest BCUT2D eigenvalue weighted by atomic mass is 32.2. The van der Waals surface area contributed by atoms with Crippen molar-refractivity contribution in [3.05, 3.63) is 66.6 Å². The fourth-order valence-electron chi connectivity index (χ4n) is 3.87. The van der Waals surface area contributed by atoms with Gasteiger partial charge in [0.15, 0.2) is 5.16 Å². The molecular formula is C25H25FN4O2S. The van der Waals surface area contributed by atoms with E-state index in [9.17, 15) is 9.18 Å². The Hall–Kier alpha value is -3.15. The number of carbonyl (C=O) groups excluding carboxylic acids is 1. The number of anilines is 1. The maximum atomic E-state index is 13.3. The largest absolute Gasteiger partial charge is 0.376 e. The number of nitrogens with zero attached hydrogens (tertiary/aromatic N) is 4. The molecule has 1 fully saturated rings. The molecule has 2 heterocycles. The number of aromatic nitrogens is 2. The van der Waals surface area contributed by atoms with Gasteiger partial charge in [0.1, 0.15) is 5.82 Å². The summed E-state index contributed by atoms with van der Waals surface area (Å²) in [6.07, 6.45) is 4.21. The van der Waals surface area contributed by atoms with Crippen LogP contribution in [0, 0.1) is 17.1 Å². The molecule has 8 heteroatoms. The summed E-state index contributed by atoms with van der Waals surface area (Å²) >= 11 is 1.36. The number of benzene rings is 2. The predicted molar refractivity (Wildman–Crippen MR) is 126 cm³/mol. The van der Waals surface area contributed by atoms with Gasteiger partial charge in [0.25, 0.3) is 0 Å². The standard InChI is InChI=1S/C25H25FN4O2S/c26-20-9-11-21(12-10-20)29(14-5-13-27)24(31)18-33-25-28-16-23(19-6-2-1-3-7-19)30(25)17-22-8-4-15-32-22/h1-3,6-7,9-12,16,22H,4-5,8,14-15,17-18H2. The summed E-state index contributed by atoms with van der Waals surface area (Å²) < 4.78 is 21.3. The first-order valence-electron chi connectivity index (χ1n) is 10.9. The van der Waals surface area contributed by atoms with E-state index in [0.29, 0.717) is 12.2 Å². The molecule has 0 radical (unpaired) electrons. The van der Waals surface area contributed by atoms with Crippen molar-refractivity contribution in [3.8, 4) is 17.3 Å². The summed E-state index contributed by atoms with van der Waals surface area (Å²) in [5.41, 5.74) is 2.62. The molecule has 1 aliphatic heterocycles. The quantitative estimate of drug-likeness (QED) is 0.421. The Morgan fingerprint density at radius 2 is 2.03 bits per heavy atom. The van der Waals surface area contributed by atoms with Crippen LogP contribution in [0.4, 0.5) is 10.1 Å². The molecule has 1 unspecified atom stereocenters. The lowest BCUT2D eigenvalue weighted by Crippen LogP contribution is -2.33. The van der Waals surface area contributed by atoms with Crippen molar-refractivity contribution >= 4 is 23.4 Å². The Bertz CT molecular complexity index is 1110. The van der Waals surface area contributed by atoms with Crippen molar-refractivity contribution in [2.75, 3.05) is 23.8 Å². The third-order valence-corrected chi connectivity index (χ3v) is 6.49. The molecule has 1 amide bonds. The van der Waals surface area contributed by atoms with E-state index in [2.05, 4.69) is 15.6 Å². The molecule has 0 saturated carbocycles. The number of halogens is 1. The summed E-state index contributed by atoms with van der Waals surface area (Å²) in [5, 5.41) is 9.75. The lowest BCUT2D eigenvalue weighted by molar-refractivity contribution is -0.116. The fourth-order valence-corrected chi connectivity index (χ4v) is 4.73. The Morgan fingerprint density at radius 1 is 1.24 bits per heavy atom. The summed E-state index contributed by atoms with van der Waals surface area (Å²) in [7, 11) is 0. The van der Waals surface area contributed by atoms with Gasteiger partial charge < -0.3 is 14.2 Å². The number of nitriles is 1. The van der Waals surface area contributed by atoms with Crippen LogP contribution in [0.15, 0.2) is 66.0 Å². The highest BCUT2D eigenvalue weighted by Gasteiger charge is 2.22. The van der Waals surface area contributed by atoms with Gasteiger partial charge in [-0.1, -0.05) is 42.1 Å². The second kappa shape index (κ2) is 11.1. The minimum Gasteiger partial charge on any atom is -0.376 e. The molecule has 6 nitrogen and oxygen atoms in total. The van der Waals surface area contributed by atoms with E-state index in [1.165, 1.54) is 28.8 Å². The van der Waals surface area contributed by atoms with Crippen LogP contribution < -0.4 is 4.90 Å². The van der Waals surface area contributed by atoms with Crippen molar-refractivity contribution < 1.29 is 13.9 Å². The van der Waals surface area contributed by atoms with Gasteiger partial charge in [0, 0.05) is 18.8 Å². The van der Waals surface area contributed by atoms with Crippen LogP contribution in [-0.4, -0.2) is 40.5 Å². The molecule has 0 bridgehead atoms. The molecule has 0 N–H and O–H groups in total. The van der Waals surface area contributed by atoms with Crippen molar-refractivity contribution in [1.82, 2.24) is 9.55 Å². The van der Waals surface area contributed by atoms with E-state index >= 15 is 0 Å². The maximum Gasteiger partial charge on any atom is 0.237 e. The molecule has 1 aromatic heterocycles. The van der Waals surface area contributed by atoms with Crippen molar-refractivity contribution in [3.63, 3.8) is 0 Å². The van der Waals surface area contributed by atoms with Gasteiger partial charge >= 0.3 is 0 Å². The molecule has 0 spiro atoms. The molecular weight excluding hydrogens is 439 g/mol. The van der Waals surface area contributed by atoms with Gasteiger partial charge in [0.2, 0.25) is 5.91 Å². The number of rotatable bonds is 9. The molecule has 33 heavy (non-hydrogen) atoms. The van der Waals surface area contributed by atoms with E-state index in [1.807, 2.05) is 36.5 Å². The van der Waals surface area contributed by atoms with Gasteiger partial charge in [-0.15, -0.1) is 0 Å². The minimum atomic E-state index is -0.370. The molecule has 1 aliphatic rings. The average molecular weight is 465 g/mol. The van der Waals surface area contributed by atoms with Crippen molar-refractivity contribution in [2.45, 2.75) is 37.1 Å². The van der Waals surface area contributed by atoms with Gasteiger partial charge in [-0.25, -0.2) is 9.37 Å². The van der Waals surface area contributed by atoms with Crippen LogP contribution in [-0.2, 0) is 16.1 Å². The Morgan fingerprint density at radius 3 is 2.73 bits per heavy atom. The minimum absolute atomic E-state index is 0.128. The number of hydrogen-bond donors (Lipinski definition) is 0. The van der Waals surface area contributed by atoms with Crippen LogP contribution >= 0.6 is 11.8 Å². The van der Waals surface area contributed by atoms with E-state index < -0.39 is 0 Å². The molecule has 2 aromatic carbocycles. The predicted octanol–water partition coefficient (Wildman–Crippen LogP) is 4.91. The van der Waals surface area contributed by atoms with E-state index in [0.717, 1.165) is 35.9 Å². The highest BCUT2D eigenvalue weighted by molar-refractivity contribution is 7.99. The fraction of sp³-hybridized carbons (Fsp3) is 0.320. The summed E-state index contributed by atoms with van der Waals surface area (Å²) in [5.74, 6) is -0.375. The van der Waals surface area contributed by atoms with Crippen LogP contribution in [0.2, 0.25) is 0 Å². The number of ether oxygens (including phenoxy) is 1. The lowest BCUT2D eigenvalue weighted by Gasteiger charge is -2.22. The zero-order valence-electron chi connectivity index (χ0n) is 18.2. The monoisotopic (exact) mass is 464 g/mol. The first-order chi connectivity index (χ1) is 16.2. The molecule has 4 rings (SSSR count). The number of hydrogen-bond acceptors (Lipinski definition) is 5. The normalized spacial score (nSPS) is 15.3. The van der Waals surface area contributed by atoms with Crippen LogP contribution in [0.25, 0.3) is 11.3 Å². The third kappa shape index (κ3) is 5.81. The van der Waals surface area contributed by atoms with E-state index in [1.54, 1.807) is 12.1 Å². The lowest BCUT2D eigenvalue weighted by atomic mass is 10.1. The average Bonchev–Trinajstić information content (AvgIpc) is 3.50. The number of carbonyl (C=O) groups is 1. The highest BCUT2D eigenvalue weighted by Crippen LogP contribution is 2.29. The second-order valence-corrected chi connectivity index (χ2v) is 8.70. The smallest absolute Gasteiger partial charge is 0.237 e. The van der Waals surface area contributed by atoms with Gasteiger partial charge in [-0.05, 0) is 42.7 Å². The van der Waals surface area contributed by atoms with Crippen molar-refractivity contribution in [1.29, 1.82) is 5.26 Å². The van der Waals surface area contributed by atoms with Gasteiger partial charge in [-0.3, -0.25) is 4.79 Å². The number of amides is 1. The van der Waals surface area contributed by atoms with Crippen molar-refractivity contribution in [2.24, 2.45) is 0 Å². The van der Waals surface area contributed by atoms with Crippen LogP contribution in [0.1, 0.15) is 19.3 Å². The van der Waals surface area contributed by atoms with Gasteiger partial charge in [0.05, 0.1) is 42.8 Å². The maximum absolute atomic E-state index is 13.3. The molecule has 1 atom stereocenters. The SMILES string of the molecule is N#CCCN(C(=O)CSc1ncc(-c2ccccc2)n1CC1CCCO1)c1ccc(F)cc1. The zero-order valence-corrected chi connectivity index (χ0v) is 19.0. The molecule has 0 aliphatic carbocycles. The zero-order chi connectivity index (χ0) is 23.0. The van der Waals surface area contributed by atoms with Gasteiger partial charge in [-0.2, -0.15) is 5.26 Å². The van der Waals surface area contributed by atoms with Crippen LogP contribution in [0.5, 0.6) is 0 Å². The molecule has 170 valence electrons. The van der Waals surface area contributed by atoms with Crippen LogP contribution in [0.3, 0.4) is 0 Å². The second-order valence-electron chi connectivity index (χ2n) is 7.76. The summed E-state index contributed by atoms with van der Waals surface area (Å²) in [4.78, 5) is 19.2. The topological polar surface area (TPSA) is 71.2 Å². The summed E-state index contributed by atoms with van der Waals surface area (Å²) in [6, 6.07) is 17.9. The first kappa shape index (κ1) is 23.0. The molecule has 3 aromatic rings. The number of thioether (sulfide) groups is 1.